The van der Waals surface area contributed by atoms with Gasteiger partial charge in [-0.2, -0.15) is 4.68 Å². The first kappa shape index (κ1) is 25.3. The predicted octanol–water partition coefficient (Wildman–Crippen LogP) is 3.40. The molecule has 1 aliphatic heterocycles. The Morgan fingerprint density at radius 1 is 1.10 bits per heavy atom. The third kappa shape index (κ3) is 4.78. The Kier molecular flexibility index (Phi) is 6.71. The van der Waals surface area contributed by atoms with Gasteiger partial charge in [0.25, 0.3) is 5.91 Å². The molecule has 0 saturated carbocycles. The van der Waals surface area contributed by atoms with Crippen LogP contribution in [-0.4, -0.2) is 55.9 Å². The third-order valence-electron chi connectivity index (χ3n) is 6.93. The van der Waals surface area contributed by atoms with E-state index >= 15 is 4.39 Å². The minimum Gasteiger partial charge on any atom is -0.366 e. The molecule has 40 heavy (non-hydrogen) atoms. The fourth-order valence-electron chi connectivity index (χ4n) is 5.01. The maximum Gasteiger partial charge on any atom is 0.262 e. The minimum atomic E-state index is -0.693. The normalized spacial score (nSPS) is 15.6. The van der Waals surface area contributed by atoms with Crippen LogP contribution in [0, 0.1) is 5.82 Å². The first-order chi connectivity index (χ1) is 19.5. The van der Waals surface area contributed by atoms with Gasteiger partial charge < -0.3 is 11.1 Å². The maximum atomic E-state index is 15.7. The van der Waals surface area contributed by atoms with Crippen molar-refractivity contribution in [2.24, 2.45) is 5.73 Å². The molecule has 0 radical (unpaired) electrons. The standard InChI is InChI=1S/C29H25FN8O2/c30-24-16-20(38-28-25(35-36-38)4-2-13-33-28)8-9-22(24)29(40)37(21-3-1-12-32-17-21)27-23-15-18(6-10-26(31)39)5-7-19(23)11-14-34-27/h2,4-11,13-16,21,32H,1,3,12,17H2,(H2,31,39)/b10-6+/t21-/m1/s1. The molecule has 0 aliphatic carbocycles. The molecule has 1 aliphatic rings. The van der Waals surface area contributed by atoms with Crippen molar-refractivity contribution in [1.29, 1.82) is 0 Å². The van der Waals surface area contributed by atoms with E-state index in [0.717, 1.165) is 30.3 Å². The summed E-state index contributed by atoms with van der Waals surface area (Å²) in [5.41, 5.74) is 7.36. The number of aromatic nitrogens is 5. The van der Waals surface area contributed by atoms with Crippen LogP contribution in [0.2, 0.25) is 0 Å². The molecular formula is C29H25FN8O2. The summed E-state index contributed by atoms with van der Waals surface area (Å²) >= 11 is 0. The Bertz CT molecular complexity index is 1780. The number of nitrogens with zero attached hydrogens (tertiary/aromatic N) is 6. The van der Waals surface area contributed by atoms with Crippen LogP contribution < -0.4 is 16.0 Å². The Morgan fingerprint density at radius 2 is 2.00 bits per heavy atom. The van der Waals surface area contributed by atoms with Crippen LogP contribution in [0.4, 0.5) is 10.2 Å². The van der Waals surface area contributed by atoms with E-state index in [9.17, 15) is 9.59 Å². The van der Waals surface area contributed by atoms with Gasteiger partial charge in [-0.05, 0) is 72.8 Å². The summed E-state index contributed by atoms with van der Waals surface area (Å²) < 4.78 is 17.1. The number of anilines is 1. The van der Waals surface area contributed by atoms with E-state index < -0.39 is 17.6 Å². The molecule has 6 rings (SSSR count). The molecule has 3 N–H and O–H groups in total. The largest absolute Gasteiger partial charge is 0.366 e. The summed E-state index contributed by atoms with van der Waals surface area (Å²) in [6.07, 6.45) is 7.71. The smallest absolute Gasteiger partial charge is 0.262 e. The Hall–Kier alpha value is -5.03. The van der Waals surface area contributed by atoms with Crippen molar-refractivity contribution in [3.63, 3.8) is 0 Å². The lowest BCUT2D eigenvalue weighted by Gasteiger charge is -2.34. The van der Waals surface area contributed by atoms with Crippen molar-refractivity contribution in [1.82, 2.24) is 30.3 Å². The van der Waals surface area contributed by atoms with E-state index in [1.54, 1.807) is 41.6 Å². The first-order valence-electron chi connectivity index (χ1n) is 12.9. The van der Waals surface area contributed by atoms with Crippen LogP contribution in [0.3, 0.4) is 0 Å². The van der Waals surface area contributed by atoms with E-state index in [1.807, 2.05) is 24.3 Å². The van der Waals surface area contributed by atoms with Gasteiger partial charge in [-0.3, -0.25) is 14.5 Å². The Morgan fingerprint density at radius 3 is 2.80 bits per heavy atom. The number of fused-ring (bicyclic) bond motifs is 2. The zero-order valence-corrected chi connectivity index (χ0v) is 21.4. The van der Waals surface area contributed by atoms with Gasteiger partial charge in [0.2, 0.25) is 5.91 Å². The lowest BCUT2D eigenvalue weighted by molar-refractivity contribution is -0.113. The van der Waals surface area contributed by atoms with Crippen LogP contribution >= 0.6 is 0 Å². The summed E-state index contributed by atoms with van der Waals surface area (Å²) in [5, 5.41) is 13.1. The van der Waals surface area contributed by atoms with Gasteiger partial charge in [0.05, 0.1) is 17.3 Å². The first-order valence-corrected chi connectivity index (χ1v) is 12.9. The zero-order valence-electron chi connectivity index (χ0n) is 21.4. The number of benzene rings is 2. The predicted molar refractivity (Wildman–Crippen MR) is 149 cm³/mol. The molecule has 3 aromatic heterocycles. The molecule has 5 aromatic rings. The summed E-state index contributed by atoms with van der Waals surface area (Å²) in [5.74, 6) is -1.34. The number of rotatable bonds is 6. The molecule has 2 amide bonds. The van der Waals surface area contributed by atoms with Crippen molar-refractivity contribution < 1.29 is 14.0 Å². The van der Waals surface area contributed by atoms with Crippen molar-refractivity contribution in [3.8, 4) is 5.69 Å². The fraction of sp³-hybridized carbons (Fsp3) is 0.172. The summed E-state index contributed by atoms with van der Waals surface area (Å²) in [6.45, 7) is 1.38. The van der Waals surface area contributed by atoms with Crippen molar-refractivity contribution in [2.45, 2.75) is 18.9 Å². The molecule has 0 unspecified atom stereocenters. The van der Waals surface area contributed by atoms with Gasteiger partial charge in [0.15, 0.2) is 5.65 Å². The highest BCUT2D eigenvalue weighted by molar-refractivity contribution is 6.10. The van der Waals surface area contributed by atoms with Crippen LogP contribution in [0.25, 0.3) is 33.7 Å². The van der Waals surface area contributed by atoms with E-state index in [1.165, 1.54) is 22.9 Å². The molecular weight excluding hydrogens is 511 g/mol. The highest BCUT2D eigenvalue weighted by atomic mass is 19.1. The number of amides is 2. The number of hydrogen-bond acceptors (Lipinski definition) is 7. The number of hydrogen-bond donors (Lipinski definition) is 2. The van der Waals surface area contributed by atoms with E-state index in [4.69, 9.17) is 5.73 Å². The molecule has 200 valence electrons. The van der Waals surface area contributed by atoms with Gasteiger partial charge in [0.1, 0.15) is 17.2 Å². The van der Waals surface area contributed by atoms with Gasteiger partial charge in [-0.15, -0.1) is 5.10 Å². The molecule has 1 atom stereocenters. The van der Waals surface area contributed by atoms with Crippen LogP contribution in [0.1, 0.15) is 28.8 Å². The second-order valence-electron chi connectivity index (χ2n) is 9.54. The number of primary amides is 1. The number of halogens is 1. The average molecular weight is 537 g/mol. The number of carbonyl (C=O) groups is 2. The SMILES string of the molecule is NC(=O)/C=C/c1ccc2ccnc(N(C(=O)c3ccc(-n4nnc5cccnc54)cc3F)[C@@H]3CCCNC3)c2c1. The van der Waals surface area contributed by atoms with Crippen molar-refractivity contribution >= 4 is 45.6 Å². The van der Waals surface area contributed by atoms with Gasteiger partial charge >= 0.3 is 0 Å². The lowest BCUT2D eigenvalue weighted by atomic mass is 10.0. The van der Waals surface area contributed by atoms with Gasteiger partial charge in [-0.1, -0.05) is 17.3 Å². The molecule has 1 saturated heterocycles. The number of pyridine rings is 2. The van der Waals surface area contributed by atoms with Gasteiger partial charge in [-0.25, -0.2) is 14.4 Å². The molecule has 0 bridgehead atoms. The summed E-state index contributed by atoms with van der Waals surface area (Å²) in [6, 6.07) is 15.0. The monoisotopic (exact) mass is 536 g/mol. The highest BCUT2D eigenvalue weighted by Gasteiger charge is 2.31. The maximum absolute atomic E-state index is 15.7. The Labute approximate surface area is 228 Å². The van der Waals surface area contributed by atoms with E-state index in [2.05, 4.69) is 25.6 Å². The molecule has 10 nitrogen and oxygen atoms in total. The van der Waals surface area contributed by atoms with E-state index in [-0.39, 0.29) is 11.6 Å². The van der Waals surface area contributed by atoms with Crippen LogP contribution in [-0.2, 0) is 4.79 Å². The second kappa shape index (κ2) is 10.6. The topological polar surface area (TPSA) is 132 Å². The third-order valence-corrected chi connectivity index (χ3v) is 6.93. The number of nitrogens with one attached hydrogen (secondary N) is 1. The molecule has 11 heteroatoms. The molecule has 0 spiro atoms. The van der Waals surface area contributed by atoms with Crippen LogP contribution in [0.15, 0.2) is 73.1 Å². The number of piperidine rings is 1. The molecule has 4 heterocycles. The fourth-order valence-corrected chi connectivity index (χ4v) is 5.01. The molecule has 1 fully saturated rings. The highest BCUT2D eigenvalue weighted by Crippen LogP contribution is 2.31. The zero-order chi connectivity index (χ0) is 27.6. The second-order valence-corrected chi connectivity index (χ2v) is 9.54. The summed E-state index contributed by atoms with van der Waals surface area (Å²) in [4.78, 5) is 35.9. The summed E-state index contributed by atoms with van der Waals surface area (Å²) in [7, 11) is 0. The lowest BCUT2D eigenvalue weighted by Crippen LogP contribution is -2.49. The van der Waals surface area contributed by atoms with Crippen molar-refractivity contribution in [2.75, 3.05) is 18.0 Å². The quantitative estimate of drug-likeness (QED) is 0.318. The van der Waals surface area contributed by atoms with E-state index in [0.29, 0.717) is 34.6 Å². The van der Waals surface area contributed by atoms with Crippen molar-refractivity contribution in [3.05, 3.63) is 90.0 Å². The van der Waals surface area contributed by atoms with Gasteiger partial charge in [0, 0.05) is 36.5 Å². The number of nitrogens with two attached hydrogens (primary N) is 1. The number of carbonyl (C=O) groups excluding carboxylic acids is 2. The Balaban J connectivity index is 1.43. The van der Waals surface area contributed by atoms with Crippen LogP contribution in [0.5, 0.6) is 0 Å². The minimum absolute atomic E-state index is 0.0877. The molecule has 2 aromatic carbocycles. The average Bonchev–Trinajstić information content (AvgIpc) is 3.41.